The van der Waals surface area contributed by atoms with E-state index in [4.69, 9.17) is 0 Å². The van der Waals surface area contributed by atoms with Crippen molar-refractivity contribution in [1.82, 2.24) is 15.5 Å². The Labute approximate surface area is 120 Å². The van der Waals surface area contributed by atoms with Crippen LogP contribution in [0.15, 0.2) is 35.8 Å². The number of amides is 2. The maximum Gasteiger partial charge on any atom is 0.228 e. The molecule has 1 aromatic heterocycles. The van der Waals surface area contributed by atoms with Gasteiger partial charge in [0, 0.05) is 6.92 Å². The lowest BCUT2D eigenvalue weighted by atomic mass is 10.0. The van der Waals surface area contributed by atoms with Crippen LogP contribution >= 0.6 is 11.3 Å². The van der Waals surface area contributed by atoms with Crippen LogP contribution in [-0.2, 0) is 9.59 Å². The van der Waals surface area contributed by atoms with Crippen molar-refractivity contribution in [1.29, 1.82) is 0 Å². The summed E-state index contributed by atoms with van der Waals surface area (Å²) in [4.78, 5) is 23.2. The van der Waals surface area contributed by atoms with E-state index < -0.39 is 0 Å². The summed E-state index contributed by atoms with van der Waals surface area (Å²) in [7, 11) is 0. The zero-order valence-electron chi connectivity index (χ0n) is 10.9. The summed E-state index contributed by atoms with van der Waals surface area (Å²) in [5, 5.41) is 13.3. The van der Waals surface area contributed by atoms with Gasteiger partial charge in [0.25, 0.3) is 0 Å². The third-order valence-corrected chi connectivity index (χ3v) is 3.18. The van der Waals surface area contributed by atoms with Gasteiger partial charge in [-0.2, -0.15) is 0 Å². The number of anilines is 1. The normalized spacial score (nSPS) is 11.7. The molecule has 0 fully saturated rings. The van der Waals surface area contributed by atoms with Crippen LogP contribution in [0, 0.1) is 0 Å². The summed E-state index contributed by atoms with van der Waals surface area (Å²) in [5.74, 6) is -0.396. The molecule has 0 radical (unpaired) electrons. The number of benzene rings is 1. The predicted molar refractivity (Wildman–Crippen MR) is 76.2 cm³/mol. The number of nitrogens with zero attached hydrogens (tertiary/aromatic N) is 2. The van der Waals surface area contributed by atoms with Crippen LogP contribution in [0.25, 0.3) is 0 Å². The van der Waals surface area contributed by atoms with Gasteiger partial charge in [0.15, 0.2) is 0 Å². The number of rotatable bonds is 5. The van der Waals surface area contributed by atoms with Crippen molar-refractivity contribution in [3.63, 3.8) is 0 Å². The first-order valence-corrected chi connectivity index (χ1v) is 6.91. The largest absolute Gasteiger partial charge is 0.349 e. The Morgan fingerprint density at radius 1 is 1.30 bits per heavy atom. The summed E-state index contributed by atoms with van der Waals surface area (Å²) >= 11 is 1.25. The van der Waals surface area contributed by atoms with Gasteiger partial charge in [-0.05, 0) is 5.56 Å². The minimum atomic E-state index is -0.360. The van der Waals surface area contributed by atoms with Gasteiger partial charge in [0.05, 0.1) is 12.5 Å². The van der Waals surface area contributed by atoms with Crippen LogP contribution in [0.2, 0.25) is 0 Å². The van der Waals surface area contributed by atoms with Crippen molar-refractivity contribution in [2.75, 3.05) is 5.32 Å². The molecule has 0 aliphatic carbocycles. The molecule has 2 N–H and O–H groups in total. The second-order valence-corrected chi connectivity index (χ2v) is 4.99. The lowest BCUT2D eigenvalue weighted by molar-refractivity contribution is -0.120. The van der Waals surface area contributed by atoms with Crippen LogP contribution in [0.4, 0.5) is 5.13 Å². The van der Waals surface area contributed by atoms with Crippen LogP contribution in [-0.4, -0.2) is 22.0 Å². The number of carbonyl (C=O) groups is 2. The molecule has 0 spiro atoms. The quantitative estimate of drug-likeness (QED) is 0.878. The molecule has 1 heterocycles. The number of carbonyl (C=O) groups excluding carboxylic acids is 2. The van der Waals surface area contributed by atoms with Crippen molar-refractivity contribution in [2.24, 2.45) is 0 Å². The third-order valence-electron chi connectivity index (χ3n) is 2.58. The highest BCUT2D eigenvalue weighted by molar-refractivity contribution is 7.13. The molecule has 0 unspecified atom stereocenters. The fourth-order valence-electron chi connectivity index (χ4n) is 1.77. The van der Waals surface area contributed by atoms with Gasteiger partial charge in [0.1, 0.15) is 5.51 Å². The average Bonchev–Trinajstić information content (AvgIpc) is 2.91. The van der Waals surface area contributed by atoms with Crippen LogP contribution in [0.5, 0.6) is 0 Å². The zero-order chi connectivity index (χ0) is 14.4. The third kappa shape index (κ3) is 4.13. The minimum Gasteiger partial charge on any atom is -0.349 e. The van der Waals surface area contributed by atoms with Gasteiger partial charge >= 0.3 is 0 Å². The molecule has 1 atom stereocenters. The molecule has 2 aromatic rings. The van der Waals surface area contributed by atoms with Crippen LogP contribution in [0.3, 0.4) is 0 Å². The Kier molecular flexibility index (Phi) is 4.78. The summed E-state index contributed by atoms with van der Waals surface area (Å²) in [6.07, 6.45) is 0.142. The molecule has 0 saturated heterocycles. The maximum atomic E-state index is 12.0. The van der Waals surface area contributed by atoms with Crippen molar-refractivity contribution in [3.05, 3.63) is 41.4 Å². The fraction of sp³-hybridized carbons (Fsp3) is 0.231. The zero-order valence-corrected chi connectivity index (χ0v) is 11.7. The van der Waals surface area contributed by atoms with Crippen molar-refractivity contribution in [3.8, 4) is 0 Å². The average molecular weight is 290 g/mol. The molecule has 20 heavy (non-hydrogen) atoms. The first-order valence-electron chi connectivity index (χ1n) is 6.03. The molecular weight excluding hydrogens is 276 g/mol. The molecule has 6 nitrogen and oxygen atoms in total. The van der Waals surface area contributed by atoms with Gasteiger partial charge in [0.2, 0.25) is 16.9 Å². The summed E-state index contributed by atoms with van der Waals surface area (Å²) < 4.78 is 0. The lowest BCUT2D eigenvalue weighted by Crippen LogP contribution is -2.29. The fourth-order valence-corrected chi connectivity index (χ4v) is 2.23. The van der Waals surface area contributed by atoms with E-state index in [0.717, 1.165) is 5.56 Å². The topological polar surface area (TPSA) is 84.0 Å². The highest BCUT2D eigenvalue weighted by atomic mass is 32.1. The molecule has 2 rings (SSSR count). The Morgan fingerprint density at radius 3 is 2.65 bits per heavy atom. The van der Waals surface area contributed by atoms with Crippen molar-refractivity contribution >= 4 is 28.3 Å². The van der Waals surface area contributed by atoms with Gasteiger partial charge in [-0.15, -0.1) is 10.2 Å². The first-order chi connectivity index (χ1) is 9.65. The van der Waals surface area contributed by atoms with E-state index in [9.17, 15) is 9.59 Å². The van der Waals surface area contributed by atoms with E-state index in [2.05, 4.69) is 20.8 Å². The second kappa shape index (κ2) is 6.76. The molecule has 0 aliphatic heterocycles. The molecule has 0 saturated carbocycles. The van der Waals surface area contributed by atoms with E-state index in [1.54, 1.807) is 0 Å². The summed E-state index contributed by atoms with van der Waals surface area (Å²) in [6.45, 7) is 1.43. The Hall–Kier alpha value is -2.28. The minimum absolute atomic E-state index is 0.142. The van der Waals surface area contributed by atoms with E-state index in [-0.39, 0.29) is 24.3 Å². The first kappa shape index (κ1) is 14.1. The molecule has 2 amide bonds. The van der Waals surface area contributed by atoms with Gasteiger partial charge in [-0.1, -0.05) is 41.7 Å². The van der Waals surface area contributed by atoms with Gasteiger partial charge in [-0.25, -0.2) is 0 Å². The van der Waals surface area contributed by atoms with E-state index in [1.165, 1.54) is 23.8 Å². The predicted octanol–water partition coefficient (Wildman–Crippen LogP) is 1.74. The molecular formula is C13H14N4O2S. The summed E-state index contributed by atoms with van der Waals surface area (Å²) in [5.41, 5.74) is 2.42. The van der Waals surface area contributed by atoms with Crippen LogP contribution in [0.1, 0.15) is 24.9 Å². The Bertz CT molecular complexity index is 571. The molecule has 0 aliphatic rings. The van der Waals surface area contributed by atoms with Gasteiger partial charge in [-0.3, -0.25) is 9.59 Å². The highest BCUT2D eigenvalue weighted by Crippen LogP contribution is 2.18. The molecule has 1 aromatic carbocycles. The monoisotopic (exact) mass is 290 g/mol. The van der Waals surface area contributed by atoms with E-state index in [1.807, 2.05) is 30.3 Å². The maximum absolute atomic E-state index is 12.0. The van der Waals surface area contributed by atoms with Crippen molar-refractivity contribution < 1.29 is 9.59 Å². The Morgan fingerprint density at radius 2 is 2.05 bits per heavy atom. The van der Waals surface area contributed by atoms with Gasteiger partial charge < -0.3 is 10.6 Å². The SMILES string of the molecule is CC(=O)N[C@H](CC(=O)Nc1nncs1)c1ccccc1. The van der Waals surface area contributed by atoms with E-state index in [0.29, 0.717) is 5.13 Å². The van der Waals surface area contributed by atoms with Crippen molar-refractivity contribution in [2.45, 2.75) is 19.4 Å². The second-order valence-electron chi connectivity index (χ2n) is 4.16. The number of hydrogen-bond acceptors (Lipinski definition) is 5. The number of hydrogen-bond donors (Lipinski definition) is 2. The van der Waals surface area contributed by atoms with E-state index >= 15 is 0 Å². The standard InChI is InChI=1S/C13H14N4O2S/c1-9(18)15-11(10-5-3-2-4-6-10)7-12(19)16-13-17-14-8-20-13/h2-6,8,11H,7H2,1H3,(H,15,18)(H,16,17,19)/t11-/m1/s1. The molecule has 0 bridgehead atoms. The summed E-state index contributed by atoms with van der Waals surface area (Å²) in [6, 6.07) is 9.01. The smallest absolute Gasteiger partial charge is 0.228 e. The van der Waals surface area contributed by atoms with Crippen LogP contribution < -0.4 is 10.6 Å². The molecule has 104 valence electrons. The molecule has 7 heteroatoms. The Balaban J connectivity index is 2.04. The highest BCUT2D eigenvalue weighted by Gasteiger charge is 2.17. The lowest BCUT2D eigenvalue weighted by Gasteiger charge is -2.17. The number of aromatic nitrogens is 2. The number of nitrogens with one attached hydrogen (secondary N) is 2.